The molecule has 0 saturated heterocycles. The molecule has 1 heterocycles. The second-order valence-corrected chi connectivity index (χ2v) is 6.36. The number of nitrogens with one attached hydrogen (secondary N) is 1. The van der Waals surface area contributed by atoms with E-state index < -0.39 is 52.3 Å². The highest BCUT2D eigenvalue weighted by Crippen LogP contribution is 2.36. The van der Waals surface area contributed by atoms with Crippen LogP contribution in [0.5, 0.6) is 0 Å². The van der Waals surface area contributed by atoms with Gasteiger partial charge in [0.15, 0.2) is 0 Å². The topological polar surface area (TPSA) is 110 Å². The molecule has 3 rings (SSSR count). The lowest BCUT2D eigenvalue weighted by Gasteiger charge is -2.16. The lowest BCUT2D eigenvalue weighted by Crippen LogP contribution is -2.37. The van der Waals surface area contributed by atoms with Crippen LogP contribution in [0.1, 0.15) is 26.3 Å². The number of imide groups is 1. The Morgan fingerprint density at radius 3 is 2.38 bits per heavy atom. The minimum Gasteiger partial charge on any atom is -0.324 e. The molecule has 0 aliphatic carbocycles. The van der Waals surface area contributed by atoms with Gasteiger partial charge in [-0.25, -0.2) is 0 Å². The van der Waals surface area contributed by atoms with Gasteiger partial charge in [0.1, 0.15) is 6.54 Å². The van der Waals surface area contributed by atoms with Gasteiger partial charge < -0.3 is 5.32 Å². The van der Waals surface area contributed by atoms with Gasteiger partial charge in [0, 0.05) is 17.2 Å². The number of nitro benzene ring substituents is 1. The van der Waals surface area contributed by atoms with Crippen molar-refractivity contribution in [3.05, 3.63) is 68.2 Å². The first kappa shape index (κ1) is 20.3. The zero-order valence-electron chi connectivity index (χ0n) is 14.1. The first-order valence-corrected chi connectivity index (χ1v) is 8.18. The van der Waals surface area contributed by atoms with Gasteiger partial charge in [-0.05, 0) is 24.3 Å². The molecule has 0 bridgehead atoms. The molecule has 0 unspecified atom stereocenters. The number of anilines is 1. The van der Waals surface area contributed by atoms with Gasteiger partial charge >= 0.3 is 6.18 Å². The quantitative estimate of drug-likeness (QED) is 0.456. The Balaban J connectivity index is 1.81. The highest BCUT2D eigenvalue weighted by molar-refractivity contribution is 6.30. The number of carbonyl (C=O) groups is 3. The van der Waals surface area contributed by atoms with E-state index in [1.807, 2.05) is 5.32 Å². The molecule has 150 valence electrons. The lowest BCUT2D eigenvalue weighted by molar-refractivity contribution is -0.384. The van der Waals surface area contributed by atoms with E-state index in [4.69, 9.17) is 11.6 Å². The summed E-state index contributed by atoms with van der Waals surface area (Å²) in [6, 6.07) is 5.69. The molecule has 0 radical (unpaired) electrons. The van der Waals surface area contributed by atoms with Gasteiger partial charge in [-0.15, -0.1) is 0 Å². The molecule has 1 aliphatic heterocycles. The number of carbonyl (C=O) groups excluding carboxylic acids is 3. The molecule has 0 fully saturated rings. The van der Waals surface area contributed by atoms with Gasteiger partial charge in [0.2, 0.25) is 5.91 Å². The van der Waals surface area contributed by atoms with Crippen LogP contribution < -0.4 is 5.32 Å². The fraction of sp³-hybridized carbons (Fsp3) is 0.118. The van der Waals surface area contributed by atoms with Gasteiger partial charge in [0.25, 0.3) is 17.5 Å². The largest absolute Gasteiger partial charge is 0.418 e. The van der Waals surface area contributed by atoms with Crippen molar-refractivity contribution < 1.29 is 32.5 Å². The van der Waals surface area contributed by atoms with Crippen LogP contribution >= 0.6 is 11.6 Å². The van der Waals surface area contributed by atoms with Gasteiger partial charge in [-0.2, -0.15) is 13.2 Å². The predicted molar refractivity (Wildman–Crippen MR) is 93.5 cm³/mol. The molecular weight excluding hydrogens is 419 g/mol. The van der Waals surface area contributed by atoms with Crippen molar-refractivity contribution in [1.82, 2.24) is 4.90 Å². The number of hydrogen-bond donors (Lipinski definition) is 1. The Bertz CT molecular complexity index is 1070. The Morgan fingerprint density at radius 2 is 1.76 bits per heavy atom. The number of alkyl halides is 3. The van der Waals surface area contributed by atoms with Crippen molar-refractivity contribution in [2.75, 3.05) is 11.9 Å². The summed E-state index contributed by atoms with van der Waals surface area (Å²) < 4.78 is 39.3. The molecule has 0 atom stereocenters. The van der Waals surface area contributed by atoms with Crippen molar-refractivity contribution in [2.45, 2.75) is 6.18 Å². The first-order chi connectivity index (χ1) is 13.5. The summed E-state index contributed by atoms with van der Waals surface area (Å²) in [4.78, 5) is 47.4. The maximum Gasteiger partial charge on any atom is 0.418 e. The minimum atomic E-state index is -4.80. The maximum absolute atomic E-state index is 13.1. The molecule has 2 aromatic carbocycles. The monoisotopic (exact) mass is 427 g/mol. The number of nitro groups is 1. The van der Waals surface area contributed by atoms with Crippen molar-refractivity contribution >= 4 is 40.7 Å². The lowest BCUT2D eigenvalue weighted by atomic mass is 10.1. The average Bonchev–Trinajstić information content (AvgIpc) is 2.87. The van der Waals surface area contributed by atoms with E-state index in [1.54, 1.807) is 0 Å². The summed E-state index contributed by atoms with van der Waals surface area (Å²) in [6.45, 7) is -0.875. The van der Waals surface area contributed by atoms with Crippen LogP contribution in [0.15, 0.2) is 36.4 Å². The zero-order chi connectivity index (χ0) is 21.5. The van der Waals surface area contributed by atoms with Gasteiger partial charge in [0.05, 0.1) is 27.3 Å². The van der Waals surface area contributed by atoms with Crippen LogP contribution in [0.3, 0.4) is 0 Å². The number of nitrogens with zero attached hydrogens (tertiary/aromatic N) is 2. The molecule has 1 N–H and O–H groups in total. The second kappa shape index (κ2) is 7.17. The summed E-state index contributed by atoms with van der Waals surface area (Å²) in [7, 11) is 0. The SMILES string of the molecule is O=C(CN1C(=O)c2ccc([N+](=O)[O-])cc2C1=O)Nc1ccc(Cl)cc1C(F)(F)F. The number of hydrogen-bond acceptors (Lipinski definition) is 5. The van der Waals surface area contributed by atoms with Crippen LogP contribution in [0, 0.1) is 10.1 Å². The number of amides is 3. The van der Waals surface area contributed by atoms with E-state index in [-0.39, 0.29) is 16.1 Å². The Kier molecular flexibility index (Phi) is 5.01. The Morgan fingerprint density at radius 1 is 1.10 bits per heavy atom. The number of non-ortho nitro benzene ring substituents is 1. The van der Waals surface area contributed by atoms with Crippen molar-refractivity contribution in [1.29, 1.82) is 0 Å². The van der Waals surface area contributed by atoms with Gasteiger partial charge in [-0.3, -0.25) is 29.4 Å². The molecule has 0 aromatic heterocycles. The normalized spacial score (nSPS) is 13.4. The van der Waals surface area contributed by atoms with E-state index in [0.717, 1.165) is 30.3 Å². The van der Waals surface area contributed by atoms with E-state index >= 15 is 0 Å². The summed E-state index contributed by atoms with van der Waals surface area (Å²) >= 11 is 5.56. The fourth-order valence-electron chi connectivity index (χ4n) is 2.73. The fourth-order valence-corrected chi connectivity index (χ4v) is 2.90. The standard InChI is InChI=1S/C17H9ClF3N3O5/c18-8-1-4-13(12(5-8)17(19,20)21)22-14(25)7-23-15(26)10-3-2-9(24(28)29)6-11(10)16(23)27/h1-6H,7H2,(H,22,25). The van der Waals surface area contributed by atoms with Crippen molar-refractivity contribution in [3.8, 4) is 0 Å². The van der Waals surface area contributed by atoms with E-state index in [1.165, 1.54) is 0 Å². The third-order valence-electron chi connectivity index (χ3n) is 4.03. The molecule has 8 nitrogen and oxygen atoms in total. The number of halogens is 4. The predicted octanol–water partition coefficient (Wildman–Crippen LogP) is 3.50. The summed E-state index contributed by atoms with van der Waals surface area (Å²) in [5, 5.41) is 12.6. The van der Waals surface area contributed by atoms with Crippen molar-refractivity contribution in [2.24, 2.45) is 0 Å². The zero-order valence-corrected chi connectivity index (χ0v) is 14.9. The summed E-state index contributed by atoms with van der Waals surface area (Å²) in [5.41, 5.74) is -2.63. The van der Waals surface area contributed by atoms with E-state index in [2.05, 4.69) is 0 Å². The Hall–Kier alpha value is -3.47. The molecule has 12 heteroatoms. The smallest absolute Gasteiger partial charge is 0.324 e. The molecule has 2 aromatic rings. The molecular formula is C17H9ClF3N3O5. The molecule has 29 heavy (non-hydrogen) atoms. The first-order valence-electron chi connectivity index (χ1n) is 7.80. The molecule has 0 spiro atoms. The average molecular weight is 428 g/mol. The number of rotatable bonds is 4. The van der Waals surface area contributed by atoms with E-state index in [0.29, 0.717) is 11.0 Å². The maximum atomic E-state index is 13.1. The highest BCUT2D eigenvalue weighted by Gasteiger charge is 2.38. The van der Waals surface area contributed by atoms with Crippen LogP contribution in [-0.2, 0) is 11.0 Å². The van der Waals surface area contributed by atoms with E-state index in [9.17, 15) is 37.7 Å². The summed E-state index contributed by atoms with van der Waals surface area (Å²) in [6.07, 6.45) is -4.80. The van der Waals surface area contributed by atoms with Crippen LogP contribution in [0.2, 0.25) is 5.02 Å². The number of benzene rings is 2. The third-order valence-corrected chi connectivity index (χ3v) is 4.26. The van der Waals surface area contributed by atoms with Gasteiger partial charge in [-0.1, -0.05) is 11.6 Å². The molecule has 1 aliphatic rings. The molecule has 0 saturated carbocycles. The Labute approximate surface area is 165 Å². The molecule has 3 amide bonds. The van der Waals surface area contributed by atoms with Crippen LogP contribution in [-0.4, -0.2) is 34.1 Å². The minimum absolute atomic E-state index is 0.143. The number of fused-ring (bicyclic) bond motifs is 1. The second-order valence-electron chi connectivity index (χ2n) is 5.92. The van der Waals surface area contributed by atoms with Crippen LogP contribution in [0.25, 0.3) is 0 Å². The highest BCUT2D eigenvalue weighted by atomic mass is 35.5. The van der Waals surface area contributed by atoms with Crippen LogP contribution in [0.4, 0.5) is 24.5 Å². The summed E-state index contributed by atoms with van der Waals surface area (Å²) in [5.74, 6) is -2.92. The third kappa shape index (κ3) is 3.90. The van der Waals surface area contributed by atoms with Crippen molar-refractivity contribution in [3.63, 3.8) is 0 Å².